The largest absolute Gasteiger partial charge is 0.485 e. The van der Waals surface area contributed by atoms with Gasteiger partial charge in [0.05, 0.1) is 22.6 Å². The Labute approximate surface area is 370 Å². The van der Waals surface area contributed by atoms with Gasteiger partial charge >= 0.3 is 11.8 Å². The summed E-state index contributed by atoms with van der Waals surface area (Å²) in [5, 5.41) is 13.4. The molecule has 0 saturated carbocycles. The van der Waals surface area contributed by atoms with E-state index in [1.165, 1.54) is 47.7 Å². The van der Waals surface area contributed by atoms with Gasteiger partial charge in [0.25, 0.3) is 10.0 Å². The molecule has 63 heavy (non-hydrogen) atoms. The van der Waals surface area contributed by atoms with E-state index in [1.807, 2.05) is 30.3 Å². The van der Waals surface area contributed by atoms with Gasteiger partial charge in [0, 0.05) is 73.2 Å². The normalized spacial score (nSPS) is 21.7. The number of anilines is 1. The topological polar surface area (TPSA) is 133 Å². The Bertz CT molecular complexity index is 2670. The zero-order valence-electron chi connectivity index (χ0n) is 35.1. The van der Waals surface area contributed by atoms with Crippen molar-refractivity contribution in [3.63, 3.8) is 0 Å². The number of rotatable bonds is 13. The second kappa shape index (κ2) is 17.1. The first kappa shape index (κ1) is 43.1. The van der Waals surface area contributed by atoms with Gasteiger partial charge in [-0.05, 0) is 104 Å². The summed E-state index contributed by atoms with van der Waals surface area (Å²) in [7, 11) is -4.35. The number of halogens is 3. The van der Waals surface area contributed by atoms with Gasteiger partial charge in [0.15, 0.2) is 11.4 Å². The standard InChI is InChI=1S/C46H49ClF2N6O7S/c1-45(2)16-14-33(40(26-45)31-8-10-34(47)11-9-31)28-51-19-21-52(22-20-51)35-5-3-7-37(24-35)62-38-23-32-15-18-54(44(32)50-27-38)63(58,59)39-12-13-42(41(25-39)55(56)57)60-29-36-6-4-17-53(36)43-30-61-46(43,48)49/h3,5,7-13,15,18,23-25,27,36,43H,4,6,14,16-17,19-22,26,28-30H2,1-2H3/t36-,43?/m0/s1. The highest BCUT2D eigenvalue weighted by molar-refractivity contribution is 7.90. The highest BCUT2D eigenvalue weighted by Gasteiger charge is 2.55. The van der Waals surface area contributed by atoms with Crippen molar-refractivity contribution in [2.24, 2.45) is 5.41 Å². The lowest BCUT2D eigenvalue weighted by atomic mass is 9.72. The smallest absolute Gasteiger partial charge is 0.373 e. The second-order valence-electron chi connectivity index (χ2n) is 17.6. The highest BCUT2D eigenvalue weighted by Crippen LogP contribution is 2.44. The number of nitro benzene ring substituents is 1. The fraction of sp³-hybridized carbons (Fsp3) is 0.413. The lowest BCUT2D eigenvalue weighted by Crippen LogP contribution is -2.62. The van der Waals surface area contributed by atoms with E-state index in [9.17, 15) is 27.3 Å². The first-order valence-corrected chi connectivity index (χ1v) is 23.1. The van der Waals surface area contributed by atoms with E-state index in [0.29, 0.717) is 36.3 Å². The molecule has 2 aromatic heterocycles. The third-order valence-electron chi connectivity index (χ3n) is 12.8. The molecule has 0 spiro atoms. The highest BCUT2D eigenvalue weighted by atomic mass is 35.5. The number of piperazine rings is 1. The quantitative estimate of drug-likeness (QED) is 0.0828. The molecule has 4 aliphatic rings. The number of hydrogen-bond acceptors (Lipinski definition) is 11. The third-order valence-corrected chi connectivity index (χ3v) is 14.7. The Balaban J connectivity index is 0.843. The Kier molecular flexibility index (Phi) is 11.7. The first-order chi connectivity index (χ1) is 30.1. The van der Waals surface area contributed by atoms with Crippen molar-refractivity contribution in [3.8, 4) is 17.2 Å². The van der Waals surface area contributed by atoms with Crippen LogP contribution in [-0.4, -0.2) is 103 Å². The lowest BCUT2D eigenvalue weighted by molar-refractivity contribution is -0.386. The molecule has 3 saturated heterocycles. The third kappa shape index (κ3) is 9.01. The molecule has 1 unspecified atom stereocenters. The maximum atomic E-state index is 14.0. The summed E-state index contributed by atoms with van der Waals surface area (Å²) in [6.07, 6.45) is 4.09. The Morgan fingerprint density at radius 3 is 2.51 bits per heavy atom. The van der Waals surface area contributed by atoms with Gasteiger partial charge in [0.1, 0.15) is 24.1 Å². The van der Waals surface area contributed by atoms with Crippen LogP contribution in [0.15, 0.2) is 102 Å². The van der Waals surface area contributed by atoms with Crippen LogP contribution in [0.5, 0.6) is 17.2 Å². The molecule has 2 atom stereocenters. The molecule has 0 amide bonds. The second-order valence-corrected chi connectivity index (χ2v) is 19.9. The van der Waals surface area contributed by atoms with Gasteiger partial charge in [-0.15, -0.1) is 0 Å². The van der Waals surface area contributed by atoms with Crippen molar-refractivity contribution in [2.75, 3.05) is 57.4 Å². The van der Waals surface area contributed by atoms with Gasteiger partial charge in [0.2, 0.25) is 0 Å². The summed E-state index contributed by atoms with van der Waals surface area (Å²) < 4.78 is 73.1. The van der Waals surface area contributed by atoms with Crippen LogP contribution in [0, 0.1) is 15.5 Å². The number of nitro groups is 1. The maximum Gasteiger partial charge on any atom is 0.373 e. The van der Waals surface area contributed by atoms with Crippen molar-refractivity contribution < 1.29 is 36.3 Å². The molecule has 1 aliphatic carbocycles. The Morgan fingerprint density at radius 2 is 1.78 bits per heavy atom. The number of ether oxygens (including phenoxy) is 3. The molecule has 3 fully saturated rings. The molecule has 5 heterocycles. The van der Waals surface area contributed by atoms with Gasteiger partial charge in [-0.1, -0.05) is 49.2 Å². The van der Waals surface area contributed by atoms with Crippen molar-refractivity contribution in [3.05, 3.63) is 118 Å². The van der Waals surface area contributed by atoms with E-state index in [-0.39, 0.29) is 34.9 Å². The summed E-state index contributed by atoms with van der Waals surface area (Å²) in [5.41, 5.74) is 5.09. The number of pyridine rings is 1. The minimum absolute atomic E-state index is 0.0807. The van der Waals surface area contributed by atoms with Crippen LogP contribution in [0.2, 0.25) is 5.02 Å². The van der Waals surface area contributed by atoms with Gasteiger partial charge in [-0.3, -0.25) is 19.9 Å². The Morgan fingerprint density at radius 1 is 0.984 bits per heavy atom. The number of benzene rings is 3. The monoisotopic (exact) mass is 902 g/mol. The van der Waals surface area contributed by atoms with Crippen LogP contribution in [0.25, 0.3) is 16.6 Å². The zero-order chi connectivity index (χ0) is 44.1. The predicted molar refractivity (Wildman–Crippen MR) is 236 cm³/mol. The van der Waals surface area contributed by atoms with E-state index in [1.54, 1.807) is 17.0 Å². The SMILES string of the molecule is CC1(C)CCC(CN2CCN(c3cccc(Oc4cnc5c(ccn5S(=O)(=O)c5ccc(OC[C@@H]6CCCN6C6COC6(F)F)c([N+](=O)[O-])c5)c4)c3)CC2)=C(c2ccc(Cl)cc2)C1. The molecule has 13 nitrogen and oxygen atoms in total. The number of fused-ring (bicyclic) bond motifs is 1. The van der Waals surface area contributed by atoms with E-state index >= 15 is 0 Å². The molecule has 3 aliphatic heterocycles. The summed E-state index contributed by atoms with van der Waals surface area (Å²) in [4.78, 5) is 22.0. The molecule has 3 aromatic carbocycles. The van der Waals surface area contributed by atoms with Crippen LogP contribution >= 0.6 is 11.6 Å². The van der Waals surface area contributed by atoms with E-state index < -0.39 is 38.8 Å². The predicted octanol–water partition coefficient (Wildman–Crippen LogP) is 9.25. The van der Waals surface area contributed by atoms with Gasteiger partial charge < -0.3 is 19.1 Å². The molecule has 332 valence electrons. The number of hydrogen-bond donors (Lipinski definition) is 0. The summed E-state index contributed by atoms with van der Waals surface area (Å²) in [5.74, 6) is 0.856. The summed E-state index contributed by atoms with van der Waals surface area (Å²) in [6, 6.07) is 21.3. The number of likely N-dealkylation sites (tertiary alicyclic amines) is 1. The molecule has 5 aromatic rings. The minimum atomic E-state index is -4.35. The average Bonchev–Trinajstić information content (AvgIpc) is 3.91. The van der Waals surface area contributed by atoms with Crippen molar-refractivity contribution in [2.45, 2.75) is 69.0 Å². The Hall–Kier alpha value is -5.13. The average molecular weight is 903 g/mol. The molecule has 9 rings (SSSR count). The maximum absolute atomic E-state index is 14.0. The van der Waals surface area contributed by atoms with E-state index in [4.69, 9.17) is 21.1 Å². The fourth-order valence-corrected chi connectivity index (χ4v) is 10.7. The number of aromatic nitrogens is 2. The van der Waals surface area contributed by atoms with Crippen molar-refractivity contribution >= 4 is 49.6 Å². The molecule has 0 bridgehead atoms. The van der Waals surface area contributed by atoms with E-state index in [2.05, 4.69) is 51.6 Å². The van der Waals surface area contributed by atoms with E-state index in [0.717, 1.165) is 66.3 Å². The molecular weight excluding hydrogens is 854 g/mol. The van der Waals surface area contributed by atoms with Crippen LogP contribution in [0.4, 0.5) is 20.2 Å². The number of allylic oxidation sites excluding steroid dienone is 1. The van der Waals surface area contributed by atoms with Gasteiger partial charge in [-0.25, -0.2) is 17.4 Å². The summed E-state index contributed by atoms with van der Waals surface area (Å²) >= 11 is 6.22. The molecule has 0 N–H and O–H groups in total. The fourth-order valence-electron chi connectivity index (χ4n) is 9.25. The van der Waals surface area contributed by atoms with Gasteiger partial charge in [-0.2, -0.15) is 8.78 Å². The minimum Gasteiger partial charge on any atom is -0.485 e. The first-order valence-electron chi connectivity index (χ1n) is 21.3. The van der Waals surface area contributed by atoms with Crippen LogP contribution in [-0.2, 0) is 14.8 Å². The lowest BCUT2D eigenvalue weighted by Gasteiger charge is -2.43. The van der Waals surface area contributed by atoms with Crippen molar-refractivity contribution in [1.29, 1.82) is 0 Å². The molecular formula is C46H49ClF2N6O7S. The van der Waals surface area contributed by atoms with Crippen LogP contribution in [0.3, 0.4) is 0 Å². The molecule has 17 heteroatoms. The zero-order valence-corrected chi connectivity index (χ0v) is 36.7. The van der Waals surface area contributed by atoms with Crippen LogP contribution in [0.1, 0.15) is 51.5 Å². The van der Waals surface area contributed by atoms with Crippen LogP contribution < -0.4 is 14.4 Å². The molecule has 0 radical (unpaired) electrons. The van der Waals surface area contributed by atoms with Crippen molar-refractivity contribution in [1.82, 2.24) is 18.8 Å². The number of alkyl halides is 2. The summed E-state index contributed by atoms with van der Waals surface area (Å²) in [6.45, 7) is 9.50. The number of nitrogens with zero attached hydrogens (tertiary/aromatic N) is 6.